The van der Waals surface area contributed by atoms with Gasteiger partial charge in [-0.15, -0.1) is 0 Å². The molecule has 1 saturated carbocycles. The van der Waals surface area contributed by atoms with Crippen molar-refractivity contribution in [2.45, 2.75) is 12.3 Å². The van der Waals surface area contributed by atoms with Crippen molar-refractivity contribution in [3.8, 4) is 0 Å². The van der Waals surface area contributed by atoms with Gasteiger partial charge >= 0.3 is 5.97 Å². The van der Waals surface area contributed by atoms with Crippen molar-refractivity contribution in [1.82, 2.24) is 0 Å². The highest BCUT2D eigenvalue weighted by atomic mass is 19.1. The maximum atomic E-state index is 13.6. The average Bonchev–Trinajstić information content (AvgIpc) is 3.07. The second-order valence-electron chi connectivity index (χ2n) is 4.95. The molecule has 2 N–H and O–H groups in total. The summed E-state index contributed by atoms with van der Waals surface area (Å²) >= 11 is 0. The Balaban J connectivity index is 1.71. The lowest BCUT2D eigenvalue weighted by Gasteiger charge is -2.07. The number of nitrogens with one attached hydrogen (secondary N) is 1. The molecule has 0 bridgehead atoms. The van der Waals surface area contributed by atoms with Crippen LogP contribution in [0.1, 0.15) is 28.5 Å². The van der Waals surface area contributed by atoms with Gasteiger partial charge in [0.1, 0.15) is 11.6 Å². The standard InChI is InChI=1S/C15H12FNO4/c16-11-4-3-8(15(19)20)6-12(11)17-14(18)10-7-9(10)13-2-1-5-21-13/h1-6,9-10H,7H2,(H,17,18)(H,19,20)/t9-,10-/m1/s1. The predicted molar refractivity (Wildman–Crippen MR) is 71.5 cm³/mol. The van der Waals surface area contributed by atoms with Gasteiger partial charge < -0.3 is 14.8 Å². The number of hydrogen-bond donors (Lipinski definition) is 2. The summed E-state index contributed by atoms with van der Waals surface area (Å²) in [7, 11) is 0. The molecule has 1 aromatic heterocycles. The highest BCUT2D eigenvalue weighted by Gasteiger charge is 2.46. The molecular weight excluding hydrogens is 277 g/mol. The van der Waals surface area contributed by atoms with E-state index >= 15 is 0 Å². The summed E-state index contributed by atoms with van der Waals surface area (Å²) in [4.78, 5) is 22.9. The van der Waals surface area contributed by atoms with Gasteiger partial charge in [0, 0.05) is 11.8 Å². The summed E-state index contributed by atoms with van der Waals surface area (Å²) < 4.78 is 18.9. The fourth-order valence-corrected chi connectivity index (χ4v) is 2.28. The van der Waals surface area contributed by atoms with Crippen molar-refractivity contribution in [1.29, 1.82) is 0 Å². The minimum atomic E-state index is -1.18. The van der Waals surface area contributed by atoms with Crippen molar-refractivity contribution in [2.75, 3.05) is 5.32 Å². The van der Waals surface area contributed by atoms with E-state index in [4.69, 9.17) is 9.52 Å². The third-order valence-electron chi connectivity index (χ3n) is 3.51. The van der Waals surface area contributed by atoms with E-state index in [0.717, 1.165) is 24.0 Å². The molecule has 1 aliphatic rings. The molecule has 6 heteroatoms. The number of hydrogen-bond acceptors (Lipinski definition) is 3. The molecule has 1 heterocycles. The van der Waals surface area contributed by atoms with Gasteiger partial charge in [-0.05, 0) is 36.8 Å². The lowest BCUT2D eigenvalue weighted by atomic mass is 10.2. The van der Waals surface area contributed by atoms with Crippen LogP contribution in [0.3, 0.4) is 0 Å². The molecule has 0 radical (unpaired) electrons. The largest absolute Gasteiger partial charge is 0.478 e. The third-order valence-corrected chi connectivity index (χ3v) is 3.51. The normalized spacial score (nSPS) is 20.0. The number of rotatable bonds is 4. The second kappa shape index (κ2) is 5.05. The van der Waals surface area contributed by atoms with Crippen molar-refractivity contribution < 1.29 is 23.5 Å². The van der Waals surface area contributed by atoms with E-state index in [-0.39, 0.29) is 29.0 Å². The monoisotopic (exact) mass is 289 g/mol. The van der Waals surface area contributed by atoms with Crippen molar-refractivity contribution in [3.63, 3.8) is 0 Å². The first kappa shape index (κ1) is 13.4. The van der Waals surface area contributed by atoms with Gasteiger partial charge in [-0.3, -0.25) is 4.79 Å². The molecule has 3 rings (SSSR count). The molecule has 1 amide bonds. The van der Waals surface area contributed by atoms with Crippen LogP contribution in [-0.4, -0.2) is 17.0 Å². The molecule has 0 spiro atoms. The van der Waals surface area contributed by atoms with Crippen molar-refractivity contribution in [2.24, 2.45) is 5.92 Å². The van der Waals surface area contributed by atoms with Crippen LogP contribution >= 0.6 is 0 Å². The summed E-state index contributed by atoms with van der Waals surface area (Å²) in [5.74, 6) is -1.71. The molecule has 1 fully saturated rings. The van der Waals surface area contributed by atoms with Gasteiger partial charge in [0.15, 0.2) is 0 Å². The molecule has 108 valence electrons. The number of carbonyl (C=O) groups excluding carboxylic acids is 1. The lowest BCUT2D eigenvalue weighted by molar-refractivity contribution is -0.117. The van der Waals surface area contributed by atoms with Crippen LogP contribution < -0.4 is 5.32 Å². The quantitative estimate of drug-likeness (QED) is 0.907. The smallest absolute Gasteiger partial charge is 0.335 e. The Bertz CT molecular complexity index is 696. The van der Waals surface area contributed by atoms with Gasteiger partial charge in [-0.25, -0.2) is 9.18 Å². The number of furan rings is 1. The number of aromatic carboxylic acids is 1. The summed E-state index contributed by atoms with van der Waals surface area (Å²) in [6, 6.07) is 6.83. The van der Waals surface area contributed by atoms with E-state index in [1.54, 1.807) is 18.4 Å². The Morgan fingerprint density at radius 3 is 2.81 bits per heavy atom. The van der Waals surface area contributed by atoms with E-state index < -0.39 is 11.8 Å². The van der Waals surface area contributed by atoms with E-state index in [2.05, 4.69) is 5.32 Å². The number of carbonyl (C=O) groups is 2. The minimum absolute atomic E-state index is 0.00529. The number of amides is 1. The van der Waals surface area contributed by atoms with Crippen LogP contribution in [0.15, 0.2) is 41.0 Å². The number of carboxylic acid groups (broad SMARTS) is 1. The van der Waals surface area contributed by atoms with Gasteiger partial charge in [-0.2, -0.15) is 0 Å². The number of benzene rings is 1. The summed E-state index contributed by atoms with van der Waals surface area (Å²) in [6.07, 6.45) is 2.18. The molecule has 1 aromatic carbocycles. The van der Waals surface area contributed by atoms with Gasteiger partial charge in [0.2, 0.25) is 5.91 Å². The van der Waals surface area contributed by atoms with E-state index in [9.17, 15) is 14.0 Å². The van der Waals surface area contributed by atoms with Gasteiger partial charge in [-0.1, -0.05) is 0 Å². The molecule has 1 aliphatic carbocycles. The molecule has 2 atom stereocenters. The van der Waals surface area contributed by atoms with Crippen LogP contribution in [0, 0.1) is 11.7 Å². The number of halogens is 1. The number of carboxylic acids is 1. The van der Waals surface area contributed by atoms with E-state index in [0.29, 0.717) is 6.42 Å². The Morgan fingerprint density at radius 2 is 2.14 bits per heavy atom. The molecule has 0 aliphatic heterocycles. The Morgan fingerprint density at radius 1 is 1.33 bits per heavy atom. The van der Waals surface area contributed by atoms with Crippen LogP contribution in [-0.2, 0) is 4.79 Å². The van der Waals surface area contributed by atoms with E-state index in [1.165, 1.54) is 0 Å². The average molecular weight is 289 g/mol. The summed E-state index contributed by atoms with van der Waals surface area (Å²) in [5, 5.41) is 11.3. The highest BCUT2D eigenvalue weighted by Crippen LogP contribution is 2.48. The van der Waals surface area contributed by atoms with Crippen LogP contribution in [0.4, 0.5) is 10.1 Å². The van der Waals surface area contributed by atoms with E-state index in [1.807, 2.05) is 0 Å². The first-order valence-electron chi connectivity index (χ1n) is 6.43. The molecular formula is C15H12FNO4. The molecule has 21 heavy (non-hydrogen) atoms. The van der Waals surface area contributed by atoms with Crippen LogP contribution in [0.25, 0.3) is 0 Å². The SMILES string of the molecule is O=C(O)c1ccc(F)c(NC(=O)[C@@H]2C[C@H]2c2ccco2)c1. The highest BCUT2D eigenvalue weighted by molar-refractivity contribution is 5.97. The first-order chi connectivity index (χ1) is 10.1. The van der Waals surface area contributed by atoms with Crippen LogP contribution in [0.2, 0.25) is 0 Å². The summed E-state index contributed by atoms with van der Waals surface area (Å²) in [6.45, 7) is 0. The summed E-state index contributed by atoms with van der Waals surface area (Å²) in [5.41, 5.74) is -0.199. The zero-order valence-electron chi connectivity index (χ0n) is 10.9. The first-order valence-corrected chi connectivity index (χ1v) is 6.43. The molecule has 0 saturated heterocycles. The maximum Gasteiger partial charge on any atom is 0.335 e. The Hall–Kier alpha value is -2.63. The lowest BCUT2D eigenvalue weighted by Crippen LogP contribution is -2.16. The number of anilines is 1. The van der Waals surface area contributed by atoms with Crippen molar-refractivity contribution >= 4 is 17.6 Å². The van der Waals surface area contributed by atoms with Crippen LogP contribution in [0.5, 0.6) is 0 Å². The van der Waals surface area contributed by atoms with Gasteiger partial charge in [0.25, 0.3) is 0 Å². The molecule has 5 nitrogen and oxygen atoms in total. The fourth-order valence-electron chi connectivity index (χ4n) is 2.28. The zero-order valence-corrected chi connectivity index (χ0v) is 10.9. The zero-order chi connectivity index (χ0) is 15.0. The maximum absolute atomic E-state index is 13.6. The second-order valence-corrected chi connectivity index (χ2v) is 4.95. The molecule has 2 aromatic rings. The molecule has 0 unspecified atom stereocenters. The fraction of sp³-hybridized carbons (Fsp3) is 0.200. The Kier molecular flexibility index (Phi) is 3.21. The van der Waals surface area contributed by atoms with Crippen molar-refractivity contribution in [3.05, 3.63) is 53.7 Å². The minimum Gasteiger partial charge on any atom is -0.478 e. The van der Waals surface area contributed by atoms with Gasteiger partial charge in [0.05, 0.1) is 17.5 Å². The Labute approximate surface area is 119 Å². The third kappa shape index (κ3) is 2.65. The topological polar surface area (TPSA) is 79.5 Å². The predicted octanol–water partition coefficient (Wildman–Crippen LogP) is 2.86.